The Kier molecular flexibility index (Phi) is 4.61. The summed E-state index contributed by atoms with van der Waals surface area (Å²) in [5.74, 6) is 1.00. The van der Waals surface area contributed by atoms with Crippen molar-refractivity contribution in [3.63, 3.8) is 0 Å². The zero-order valence-corrected chi connectivity index (χ0v) is 12.6. The maximum Gasteiger partial charge on any atom is 0.131 e. The van der Waals surface area contributed by atoms with Crippen LogP contribution in [0.1, 0.15) is 23.6 Å². The molecule has 0 unspecified atom stereocenters. The van der Waals surface area contributed by atoms with Crippen LogP contribution in [0.4, 0.5) is 11.5 Å². The minimum Gasteiger partial charge on any atom is -0.397 e. The van der Waals surface area contributed by atoms with Crippen molar-refractivity contribution in [2.45, 2.75) is 26.7 Å². The highest BCUT2D eigenvalue weighted by atomic mass is 15.2. The molecule has 0 aliphatic rings. The number of anilines is 2. The number of aromatic nitrogens is 1. The van der Waals surface area contributed by atoms with E-state index in [1.54, 1.807) is 6.20 Å². The molecule has 0 amide bonds. The molecule has 1 aromatic heterocycles. The molecule has 20 heavy (non-hydrogen) atoms. The van der Waals surface area contributed by atoms with Crippen LogP contribution in [-0.4, -0.2) is 18.6 Å². The molecule has 0 saturated carbocycles. The molecule has 1 heterocycles. The lowest BCUT2D eigenvalue weighted by molar-refractivity contribution is 0.854. The van der Waals surface area contributed by atoms with Crippen molar-refractivity contribution < 1.29 is 0 Å². The van der Waals surface area contributed by atoms with Crippen molar-refractivity contribution in [2.75, 3.05) is 24.2 Å². The molecule has 0 atom stereocenters. The summed E-state index contributed by atoms with van der Waals surface area (Å²) in [6.45, 7) is 5.17. The van der Waals surface area contributed by atoms with E-state index in [0.29, 0.717) is 0 Å². The predicted molar refractivity (Wildman–Crippen MR) is 86.2 cm³/mol. The van der Waals surface area contributed by atoms with Crippen molar-refractivity contribution in [1.29, 1.82) is 0 Å². The molecule has 106 valence electrons. The Morgan fingerprint density at radius 2 is 1.80 bits per heavy atom. The van der Waals surface area contributed by atoms with E-state index >= 15 is 0 Å². The highest BCUT2D eigenvalue weighted by Gasteiger charge is 2.06. The molecule has 0 aliphatic carbocycles. The van der Waals surface area contributed by atoms with Crippen LogP contribution < -0.4 is 10.6 Å². The van der Waals surface area contributed by atoms with Gasteiger partial charge in [-0.2, -0.15) is 0 Å². The van der Waals surface area contributed by atoms with Crippen LogP contribution in [-0.2, 0) is 12.8 Å². The molecule has 0 fully saturated rings. The van der Waals surface area contributed by atoms with Gasteiger partial charge in [0.15, 0.2) is 0 Å². The van der Waals surface area contributed by atoms with Gasteiger partial charge >= 0.3 is 0 Å². The lowest BCUT2D eigenvalue weighted by atomic mass is 10.1. The van der Waals surface area contributed by atoms with Crippen LogP contribution in [0.5, 0.6) is 0 Å². The molecule has 2 rings (SSSR count). The summed E-state index contributed by atoms with van der Waals surface area (Å²) < 4.78 is 0. The van der Waals surface area contributed by atoms with Crippen LogP contribution >= 0.6 is 0 Å². The number of nitrogen functional groups attached to an aromatic ring is 1. The zero-order valence-electron chi connectivity index (χ0n) is 12.6. The maximum atomic E-state index is 5.74. The third kappa shape index (κ3) is 3.50. The number of hydrogen-bond acceptors (Lipinski definition) is 3. The Labute approximate surface area is 121 Å². The van der Waals surface area contributed by atoms with Gasteiger partial charge in [0, 0.05) is 13.6 Å². The van der Waals surface area contributed by atoms with Crippen molar-refractivity contribution in [2.24, 2.45) is 0 Å². The van der Waals surface area contributed by atoms with Crippen LogP contribution in [0.25, 0.3) is 0 Å². The van der Waals surface area contributed by atoms with Crippen molar-refractivity contribution in [3.05, 3.63) is 53.2 Å². The Morgan fingerprint density at radius 1 is 1.15 bits per heavy atom. The summed E-state index contributed by atoms with van der Waals surface area (Å²) in [6, 6.07) is 10.8. The zero-order chi connectivity index (χ0) is 14.5. The van der Waals surface area contributed by atoms with Gasteiger partial charge in [-0.3, -0.25) is 0 Å². The minimum atomic E-state index is 0.717. The van der Waals surface area contributed by atoms with Crippen LogP contribution in [0, 0.1) is 6.92 Å². The van der Waals surface area contributed by atoms with Gasteiger partial charge in [-0.15, -0.1) is 0 Å². The van der Waals surface area contributed by atoms with Crippen molar-refractivity contribution in [3.8, 4) is 0 Å². The lowest BCUT2D eigenvalue weighted by Crippen LogP contribution is -2.22. The average molecular weight is 269 g/mol. The van der Waals surface area contributed by atoms with Crippen LogP contribution in [0.15, 0.2) is 36.5 Å². The fourth-order valence-electron chi connectivity index (χ4n) is 2.33. The SMILES string of the molecule is CCc1ccc(CCN(C)c2ncc(N)cc2C)cc1. The normalized spacial score (nSPS) is 10.6. The number of aryl methyl sites for hydroxylation is 2. The van der Waals surface area contributed by atoms with E-state index in [1.165, 1.54) is 11.1 Å². The number of likely N-dealkylation sites (N-methyl/N-ethyl adjacent to an activating group) is 1. The van der Waals surface area contributed by atoms with E-state index in [-0.39, 0.29) is 0 Å². The molecule has 0 aliphatic heterocycles. The average Bonchev–Trinajstić information content (AvgIpc) is 2.45. The van der Waals surface area contributed by atoms with Gasteiger partial charge in [0.05, 0.1) is 11.9 Å². The molecular weight excluding hydrogens is 246 g/mol. The molecule has 0 radical (unpaired) electrons. The number of benzene rings is 1. The fraction of sp³-hybridized carbons (Fsp3) is 0.353. The predicted octanol–water partition coefficient (Wildman–Crippen LogP) is 3.21. The number of nitrogens with zero attached hydrogens (tertiary/aromatic N) is 2. The number of pyridine rings is 1. The quantitative estimate of drug-likeness (QED) is 0.906. The van der Waals surface area contributed by atoms with Gasteiger partial charge in [0.25, 0.3) is 0 Å². The molecule has 2 aromatic rings. The van der Waals surface area contributed by atoms with Crippen LogP contribution in [0.3, 0.4) is 0 Å². The smallest absolute Gasteiger partial charge is 0.131 e. The Balaban J connectivity index is 1.98. The summed E-state index contributed by atoms with van der Waals surface area (Å²) in [6.07, 6.45) is 3.83. The maximum absolute atomic E-state index is 5.74. The van der Waals surface area contributed by atoms with Gasteiger partial charge < -0.3 is 10.6 Å². The van der Waals surface area contributed by atoms with Gasteiger partial charge in [-0.05, 0) is 42.5 Å². The second-order valence-electron chi connectivity index (χ2n) is 5.25. The first-order valence-electron chi connectivity index (χ1n) is 7.11. The van der Waals surface area contributed by atoms with E-state index in [4.69, 9.17) is 5.73 Å². The number of hydrogen-bond donors (Lipinski definition) is 1. The van der Waals surface area contributed by atoms with E-state index in [9.17, 15) is 0 Å². The topological polar surface area (TPSA) is 42.2 Å². The van der Waals surface area contributed by atoms with E-state index < -0.39 is 0 Å². The first-order valence-corrected chi connectivity index (χ1v) is 7.11. The van der Waals surface area contributed by atoms with Crippen molar-refractivity contribution in [1.82, 2.24) is 4.98 Å². The van der Waals surface area contributed by atoms with E-state index in [0.717, 1.165) is 36.5 Å². The highest BCUT2D eigenvalue weighted by Crippen LogP contribution is 2.18. The van der Waals surface area contributed by atoms with E-state index in [2.05, 4.69) is 48.1 Å². The van der Waals surface area contributed by atoms with Gasteiger partial charge in [0.2, 0.25) is 0 Å². The summed E-state index contributed by atoms with van der Waals surface area (Å²) in [5, 5.41) is 0. The Hall–Kier alpha value is -2.03. The highest BCUT2D eigenvalue weighted by molar-refractivity contribution is 5.52. The largest absolute Gasteiger partial charge is 0.397 e. The number of rotatable bonds is 5. The monoisotopic (exact) mass is 269 g/mol. The van der Waals surface area contributed by atoms with Gasteiger partial charge in [0.1, 0.15) is 5.82 Å². The summed E-state index contributed by atoms with van der Waals surface area (Å²) >= 11 is 0. The van der Waals surface area contributed by atoms with Gasteiger partial charge in [-0.25, -0.2) is 4.98 Å². The summed E-state index contributed by atoms with van der Waals surface area (Å²) in [7, 11) is 2.08. The molecular formula is C17H23N3. The minimum absolute atomic E-state index is 0.717. The first kappa shape index (κ1) is 14.4. The molecule has 0 bridgehead atoms. The molecule has 1 aromatic carbocycles. The van der Waals surface area contributed by atoms with Crippen molar-refractivity contribution >= 4 is 11.5 Å². The molecule has 0 saturated heterocycles. The summed E-state index contributed by atoms with van der Waals surface area (Å²) in [5.41, 5.74) is 10.3. The summed E-state index contributed by atoms with van der Waals surface area (Å²) in [4.78, 5) is 6.60. The Bertz CT molecular complexity index is 561. The molecule has 2 N–H and O–H groups in total. The molecule has 3 nitrogen and oxygen atoms in total. The van der Waals surface area contributed by atoms with Gasteiger partial charge in [-0.1, -0.05) is 31.2 Å². The third-order valence-electron chi connectivity index (χ3n) is 3.60. The second-order valence-corrected chi connectivity index (χ2v) is 5.25. The van der Waals surface area contributed by atoms with E-state index in [1.807, 2.05) is 13.0 Å². The first-order chi connectivity index (χ1) is 9.60. The fourth-order valence-corrected chi connectivity index (χ4v) is 2.33. The molecule has 0 spiro atoms. The van der Waals surface area contributed by atoms with Crippen LogP contribution in [0.2, 0.25) is 0 Å². The lowest BCUT2D eigenvalue weighted by Gasteiger charge is -2.20. The standard InChI is InChI=1S/C17H23N3/c1-4-14-5-7-15(8-6-14)9-10-20(3)17-13(2)11-16(18)12-19-17/h5-8,11-12H,4,9-10,18H2,1-3H3. The molecule has 3 heteroatoms. The Morgan fingerprint density at radius 3 is 2.40 bits per heavy atom. The third-order valence-corrected chi connectivity index (χ3v) is 3.60. The second kappa shape index (κ2) is 6.42. The number of nitrogens with two attached hydrogens (primary N) is 1.